The Balaban J connectivity index is 1.71. The molecule has 0 spiro atoms. The highest BCUT2D eigenvalue weighted by Crippen LogP contribution is 2.33. The summed E-state index contributed by atoms with van der Waals surface area (Å²) in [5.74, 6) is 1.13. The highest BCUT2D eigenvalue weighted by atomic mass is 35.5. The molecule has 1 aromatic carbocycles. The smallest absolute Gasteiger partial charge is 0.281 e. The minimum Gasteiger partial charge on any atom is -0.459 e. The van der Waals surface area contributed by atoms with E-state index in [-0.39, 0.29) is 5.69 Å². The lowest BCUT2D eigenvalue weighted by Gasteiger charge is -2.03. The third-order valence-corrected chi connectivity index (χ3v) is 3.67. The summed E-state index contributed by atoms with van der Waals surface area (Å²) >= 11 is 5.83. The second-order valence-corrected chi connectivity index (χ2v) is 5.59. The SMILES string of the molecule is O=[N+]([O-])c1cc(Cl)ccc1-c1ccc(CNCc2cccnc2)o1. The summed E-state index contributed by atoms with van der Waals surface area (Å²) in [5.41, 5.74) is 1.40. The fraction of sp³-hybridized carbons (Fsp3) is 0.118. The van der Waals surface area contributed by atoms with Crippen LogP contribution < -0.4 is 5.32 Å². The summed E-state index contributed by atoms with van der Waals surface area (Å²) in [6.07, 6.45) is 3.51. The molecule has 0 bridgehead atoms. The number of hydrogen-bond acceptors (Lipinski definition) is 5. The second kappa shape index (κ2) is 7.25. The largest absolute Gasteiger partial charge is 0.459 e. The third kappa shape index (κ3) is 3.79. The average molecular weight is 344 g/mol. The van der Waals surface area contributed by atoms with E-state index in [4.69, 9.17) is 16.0 Å². The zero-order valence-corrected chi connectivity index (χ0v) is 13.4. The van der Waals surface area contributed by atoms with Gasteiger partial charge < -0.3 is 9.73 Å². The molecule has 0 radical (unpaired) electrons. The van der Waals surface area contributed by atoms with Crippen LogP contribution in [-0.2, 0) is 13.1 Å². The number of pyridine rings is 1. The van der Waals surface area contributed by atoms with Crippen molar-refractivity contribution in [3.63, 3.8) is 0 Å². The Morgan fingerprint density at radius 1 is 1.21 bits per heavy atom. The van der Waals surface area contributed by atoms with Crippen LogP contribution in [0.5, 0.6) is 0 Å². The molecule has 6 nitrogen and oxygen atoms in total. The van der Waals surface area contributed by atoms with Crippen LogP contribution in [0.15, 0.2) is 59.3 Å². The monoisotopic (exact) mass is 343 g/mol. The summed E-state index contributed by atoms with van der Waals surface area (Å²) in [7, 11) is 0. The van der Waals surface area contributed by atoms with Gasteiger partial charge in [0.2, 0.25) is 0 Å². The van der Waals surface area contributed by atoms with E-state index in [1.165, 1.54) is 6.07 Å². The molecular weight excluding hydrogens is 330 g/mol. The van der Waals surface area contributed by atoms with Crippen LogP contribution in [0, 0.1) is 10.1 Å². The maximum absolute atomic E-state index is 11.2. The maximum atomic E-state index is 11.2. The van der Waals surface area contributed by atoms with E-state index in [0.717, 1.165) is 5.56 Å². The number of benzene rings is 1. The molecule has 0 saturated carbocycles. The van der Waals surface area contributed by atoms with E-state index in [1.807, 2.05) is 12.1 Å². The van der Waals surface area contributed by atoms with Gasteiger partial charge in [0.25, 0.3) is 5.69 Å². The van der Waals surface area contributed by atoms with Crippen molar-refractivity contribution in [2.24, 2.45) is 0 Å². The molecular formula is C17H14ClN3O3. The number of nitro groups is 1. The van der Waals surface area contributed by atoms with Crippen LogP contribution in [0.1, 0.15) is 11.3 Å². The van der Waals surface area contributed by atoms with Crippen LogP contribution in [-0.4, -0.2) is 9.91 Å². The zero-order chi connectivity index (χ0) is 16.9. The first kappa shape index (κ1) is 16.2. The molecule has 0 aliphatic rings. The van der Waals surface area contributed by atoms with Crippen molar-refractivity contribution >= 4 is 17.3 Å². The Bertz CT molecular complexity index is 849. The fourth-order valence-corrected chi connectivity index (χ4v) is 2.48. The molecule has 2 heterocycles. The zero-order valence-electron chi connectivity index (χ0n) is 12.6. The van der Waals surface area contributed by atoms with Crippen LogP contribution in [0.4, 0.5) is 5.69 Å². The van der Waals surface area contributed by atoms with Gasteiger partial charge in [0, 0.05) is 30.0 Å². The lowest BCUT2D eigenvalue weighted by atomic mass is 10.1. The summed E-state index contributed by atoms with van der Waals surface area (Å²) in [4.78, 5) is 14.8. The predicted molar refractivity (Wildman–Crippen MR) is 90.6 cm³/mol. The van der Waals surface area contributed by atoms with E-state index >= 15 is 0 Å². The number of rotatable bonds is 6. The summed E-state index contributed by atoms with van der Waals surface area (Å²) in [5, 5.41) is 14.7. The lowest BCUT2D eigenvalue weighted by Crippen LogP contribution is -2.12. The van der Waals surface area contributed by atoms with Crippen molar-refractivity contribution in [3.05, 3.63) is 81.3 Å². The maximum Gasteiger partial charge on any atom is 0.281 e. The standard InChI is InChI=1S/C17H14ClN3O3/c18-13-3-5-15(16(8-13)21(22)23)17-6-4-14(24-17)11-20-10-12-2-1-7-19-9-12/h1-9,20H,10-11H2. The topological polar surface area (TPSA) is 81.2 Å². The van der Waals surface area contributed by atoms with Gasteiger partial charge in [-0.1, -0.05) is 17.7 Å². The molecule has 0 fully saturated rings. The molecule has 1 N–H and O–H groups in total. The fourth-order valence-electron chi connectivity index (χ4n) is 2.31. The number of aromatic nitrogens is 1. The molecule has 7 heteroatoms. The minimum absolute atomic E-state index is 0.0771. The molecule has 3 aromatic rings. The van der Waals surface area contributed by atoms with Gasteiger partial charge in [-0.3, -0.25) is 15.1 Å². The Morgan fingerprint density at radius 3 is 2.83 bits per heavy atom. The van der Waals surface area contributed by atoms with Crippen molar-refractivity contribution < 1.29 is 9.34 Å². The van der Waals surface area contributed by atoms with Gasteiger partial charge in [-0.15, -0.1) is 0 Å². The Kier molecular flexibility index (Phi) is 4.88. The van der Waals surface area contributed by atoms with Gasteiger partial charge in [0.1, 0.15) is 11.5 Å². The Morgan fingerprint density at radius 2 is 2.08 bits per heavy atom. The number of nitrogens with zero attached hydrogens (tertiary/aromatic N) is 2. The molecule has 2 aromatic heterocycles. The van der Waals surface area contributed by atoms with Gasteiger partial charge in [0.15, 0.2) is 0 Å². The third-order valence-electron chi connectivity index (χ3n) is 3.43. The normalized spacial score (nSPS) is 10.7. The molecule has 0 atom stereocenters. The first-order valence-corrected chi connectivity index (χ1v) is 7.64. The van der Waals surface area contributed by atoms with Crippen LogP contribution in [0.2, 0.25) is 5.02 Å². The molecule has 0 unspecified atom stereocenters. The minimum atomic E-state index is -0.468. The number of nitrogens with one attached hydrogen (secondary N) is 1. The van der Waals surface area contributed by atoms with Crippen molar-refractivity contribution in [1.29, 1.82) is 0 Å². The number of furan rings is 1. The summed E-state index contributed by atoms with van der Waals surface area (Å²) in [6.45, 7) is 1.17. The first-order valence-electron chi connectivity index (χ1n) is 7.26. The Labute approximate surface area is 143 Å². The first-order chi connectivity index (χ1) is 11.6. The molecule has 0 aliphatic heterocycles. The number of nitro benzene ring substituents is 1. The van der Waals surface area contributed by atoms with E-state index in [1.54, 1.807) is 36.7 Å². The Hall–Kier alpha value is -2.70. The quantitative estimate of drug-likeness (QED) is 0.536. The molecule has 0 saturated heterocycles. The van der Waals surface area contributed by atoms with Gasteiger partial charge in [-0.05, 0) is 35.9 Å². The second-order valence-electron chi connectivity index (χ2n) is 5.15. The molecule has 0 aliphatic carbocycles. The summed E-state index contributed by atoms with van der Waals surface area (Å²) < 4.78 is 5.71. The lowest BCUT2D eigenvalue weighted by molar-refractivity contribution is -0.384. The predicted octanol–water partition coefficient (Wildman–Crippen LogP) is 4.19. The average Bonchev–Trinajstić information content (AvgIpc) is 3.04. The highest BCUT2D eigenvalue weighted by Gasteiger charge is 2.18. The van der Waals surface area contributed by atoms with Crippen molar-refractivity contribution in [1.82, 2.24) is 10.3 Å². The van der Waals surface area contributed by atoms with Gasteiger partial charge in [-0.25, -0.2) is 0 Å². The van der Waals surface area contributed by atoms with Crippen molar-refractivity contribution in [3.8, 4) is 11.3 Å². The number of halogens is 1. The van der Waals surface area contributed by atoms with Gasteiger partial charge in [-0.2, -0.15) is 0 Å². The van der Waals surface area contributed by atoms with Crippen LogP contribution in [0.25, 0.3) is 11.3 Å². The van der Waals surface area contributed by atoms with Crippen molar-refractivity contribution in [2.45, 2.75) is 13.1 Å². The van der Waals surface area contributed by atoms with E-state index in [0.29, 0.717) is 35.2 Å². The van der Waals surface area contributed by atoms with Gasteiger partial charge >= 0.3 is 0 Å². The van der Waals surface area contributed by atoms with E-state index < -0.39 is 4.92 Å². The highest BCUT2D eigenvalue weighted by molar-refractivity contribution is 6.30. The molecule has 3 rings (SSSR count). The van der Waals surface area contributed by atoms with Crippen molar-refractivity contribution in [2.75, 3.05) is 0 Å². The molecule has 24 heavy (non-hydrogen) atoms. The van der Waals surface area contributed by atoms with E-state index in [2.05, 4.69) is 10.3 Å². The van der Waals surface area contributed by atoms with Crippen LogP contribution >= 0.6 is 11.6 Å². The van der Waals surface area contributed by atoms with Crippen LogP contribution in [0.3, 0.4) is 0 Å². The number of hydrogen-bond donors (Lipinski definition) is 1. The van der Waals surface area contributed by atoms with Gasteiger partial charge in [0.05, 0.1) is 17.0 Å². The van der Waals surface area contributed by atoms with E-state index in [9.17, 15) is 10.1 Å². The molecule has 0 amide bonds. The molecule has 122 valence electrons. The summed E-state index contributed by atoms with van der Waals surface area (Å²) in [6, 6.07) is 11.9.